The van der Waals surface area contributed by atoms with E-state index in [0.29, 0.717) is 5.56 Å². The summed E-state index contributed by atoms with van der Waals surface area (Å²) in [7, 11) is 0. The minimum Gasteiger partial charge on any atom is -0.289 e. The molecule has 0 spiro atoms. The molecule has 1 heterocycles. The molecule has 0 aliphatic heterocycles. The van der Waals surface area contributed by atoms with Crippen LogP contribution < -0.4 is 0 Å². The summed E-state index contributed by atoms with van der Waals surface area (Å²) in [5.41, 5.74) is 5.25. The van der Waals surface area contributed by atoms with Gasteiger partial charge in [0.05, 0.1) is 11.1 Å². The lowest BCUT2D eigenvalue weighted by molar-refractivity contribution is 0.104. The van der Waals surface area contributed by atoms with Gasteiger partial charge in [-0.3, -0.25) is 9.78 Å². The fraction of sp³-hybridized carbons (Fsp3) is 0.0370. The molecule has 3 aromatic carbocycles. The second kappa shape index (κ2) is 8.49. The van der Waals surface area contributed by atoms with Gasteiger partial charge >= 0.3 is 0 Å². The van der Waals surface area contributed by atoms with Crippen LogP contribution in [0, 0.1) is 6.92 Å². The first-order chi connectivity index (χ1) is 14.2. The van der Waals surface area contributed by atoms with Crippen molar-refractivity contribution < 1.29 is 4.79 Å². The van der Waals surface area contributed by atoms with E-state index in [-0.39, 0.29) is 5.78 Å². The summed E-state index contributed by atoms with van der Waals surface area (Å²) in [6.45, 7) is 1.90. The van der Waals surface area contributed by atoms with Crippen molar-refractivity contribution in [1.82, 2.24) is 4.98 Å². The summed E-state index contributed by atoms with van der Waals surface area (Å²) in [6.07, 6.45) is 7.55. The third-order valence-corrected chi connectivity index (χ3v) is 4.83. The van der Waals surface area contributed by atoms with Gasteiger partial charge in [-0.15, -0.1) is 0 Å². The van der Waals surface area contributed by atoms with Gasteiger partial charge < -0.3 is 0 Å². The first-order valence-electron chi connectivity index (χ1n) is 9.62. The van der Waals surface area contributed by atoms with E-state index in [1.807, 2.05) is 110 Å². The molecule has 0 saturated heterocycles. The number of fused-ring (bicyclic) bond motifs is 1. The highest BCUT2D eigenvalue weighted by Gasteiger charge is 2.15. The molecular weight excluding hydrogens is 354 g/mol. The maximum Gasteiger partial charge on any atom is 0.188 e. The van der Waals surface area contributed by atoms with Crippen LogP contribution in [0.2, 0.25) is 0 Å². The van der Waals surface area contributed by atoms with E-state index < -0.39 is 0 Å². The summed E-state index contributed by atoms with van der Waals surface area (Å²) in [5.74, 6) is -0.0442. The number of aromatic nitrogens is 1. The minimum absolute atomic E-state index is 0.0442. The number of allylic oxidation sites excluding steroid dienone is 1. The van der Waals surface area contributed by atoms with Gasteiger partial charge in [-0.2, -0.15) is 0 Å². The Hall–Kier alpha value is -3.78. The Morgan fingerprint density at radius 1 is 0.724 bits per heavy atom. The van der Waals surface area contributed by atoms with Gasteiger partial charge in [0.25, 0.3) is 0 Å². The number of ketones is 1. The first-order valence-corrected chi connectivity index (χ1v) is 9.62. The Morgan fingerprint density at radius 2 is 1.31 bits per heavy atom. The zero-order valence-corrected chi connectivity index (χ0v) is 16.2. The molecule has 4 rings (SSSR count). The topological polar surface area (TPSA) is 30.0 Å². The summed E-state index contributed by atoms with van der Waals surface area (Å²) in [5, 5.41) is 0.974. The molecular formula is C27H21NO. The summed E-state index contributed by atoms with van der Waals surface area (Å²) < 4.78 is 0. The van der Waals surface area contributed by atoms with Crippen LogP contribution in [0.25, 0.3) is 29.1 Å². The Balaban J connectivity index is 1.82. The maximum atomic E-state index is 13.2. The quantitative estimate of drug-likeness (QED) is 0.290. The number of aryl methyl sites for hydroxylation is 1. The predicted octanol–water partition coefficient (Wildman–Crippen LogP) is 6.61. The van der Waals surface area contributed by atoms with Crippen LogP contribution in [0.4, 0.5) is 0 Å². The molecule has 0 aliphatic rings. The molecule has 0 N–H and O–H groups in total. The minimum atomic E-state index is -0.0442. The van der Waals surface area contributed by atoms with Crippen LogP contribution in [0.3, 0.4) is 0 Å². The number of pyridine rings is 1. The van der Waals surface area contributed by atoms with E-state index in [9.17, 15) is 4.79 Å². The van der Waals surface area contributed by atoms with Crippen molar-refractivity contribution in [2.75, 3.05) is 0 Å². The molecule has 4 aromatic rings. The Kier molecular flexibility index (Phi) is 5.44. The van der Waals surface area contributed by atoms with E-state index in [4.69, 9.17) is 0 Å². The van der Waals surface area contributed by atoms with Crippen LogP contribution in [0.5, 0.6) is 0 Å². The molecule has 0 atom stereocenters. The largest absolute Gasteiger partial charge is 0.289 e. The van der Waals surface area contributed by atoms with Crippen molar-refractivity contribution in [3.63, 3.8) is 0 Å². The number of benzene rings is 3. The maximum absolute atomic E-state index is 13.2. The van der Waals surface area contributed by atoms with Gasteiger partial charge in [0, 0.05) is 11.1 Å². The smallest absolute Gasteiger partial charge is 0.188 e. The van der Waals surface area contributed by atoms with Crippen molar-refractivity contribution in [2.45, 2.75) is 6.92 Å². The van der Waals surface area contributed by atoms with Crippen LogP contribution >= 0.6 is 0 Å². The monoisotopic (exact) mass is 375 g/mol. The first kappa shape index (κ1) is 18.6. The third kappa shape index (κ3) is 4.22. The predicted molar refractivity (Wildman–Crippen MR) is 122 cm³/mol. The van der Waals surface area contributed by atoms with E-state index in [2.05, 4.69) is 4.98 Å². The van der Waals surface area contributed by atoms with Gasteiger partial charge in [0.15, 0.2) is 5.78 Å². The fourth-order valence-electron chi connectivity index (χ4n) is 3.41. The lowest BCUT2D eigenvalue weighted by Crippen LogP contribution is -2.05. The molecule has 29 heavy (non-hydrogen) atoms. The second-order valence-corrected chi connectivity index (χ2v) is 6.86. The van der Waals surface area contributed by atoms with E-state index in [0.717, 1.165) is 33.3 Å². The normalized spacial score (nSPS) is 11.5. The van der Waals surface area contributed by atoms with E-state index >= 15 is 0 Å². The molecule has 0 fully saturated rings. The molecule has 0 unspecified atom stereocenters. The highest BCUT2D eigenvalue weighted by atomic mass is 16.1. The molecule has 1 aromatic heterocycles. The number of para-hydroxylation sites is 1. The summed E-state index contributed by atoms with van der Waals surface area (Å²) >= 11 is 0. The molecule has 0 saturated carbocycles. The zero-order chi connectivity index (χ0) is 20.1. The molecule has 2 nitrogen and oxygen atoms in total. The van der Waals surface area contributed by atoms with E-state index in [1.54, 1.807) is 6.08 Å². The van der Waals surface area contributed by atoms with Gasteiger partial charge in [-0.1, -0.05) is 97.1 Å². The highest BCUT2D eigenvalue weighted by Crippen LogP contribution is 2.26. The van der Waals surface area contributed by atoms with Crippen molar-refractivity contribution in [2.24, 2.45) is 0 Å². The van der Waals surface area contributed by atoms with Crippen molar-refractivity contribution in [3.05, 3.63) is 119 Å². The molecule has 0 bridgehead atoms. The van der Waals surface area contributed by atoms with Gasteiger partial charge in [0.2, 0.25) is 0 Å². The van der Waals surface area contributed by atoms with Crippen molar-refractivity contribution in [1.29, 1.82) is 0 Å². The lowest BCUT2D eigenvalue weighted by Gasteiger charge is -2.11. The number of nitrogens with zero attached hydrogens (tertiary/aromatic N) is 1. The standard InChI is InChI=1S/C27H21NO/c1-20-27(26(29)19-17-22-12-6-3-7-13-22)24(18-16-21-10-4-2-5-11-21)23-14-8-9-15-25(23)28-20/h2-19H,1H3/b18-16+,19-17+. The number of hydrogen-bond donors (Lipinski definition) is 0. The SMILES string of the molecule is Cc1nc2ccccc2c(/C=C/c2ccccc2)c1C(=O)/C=C/c1ccccc1. The zero-order valence-electron chi connectivity index (χ0n) is 16.2. The molecule has 0 amide bonds. The van der Waals surface area contributed by atoms with Gasteiger partial charge in [-0.05, 0) is 35.8 Å². The number of hydrogen-bond acceptors (Lipinski definition) is 2. The molecule has 0 radical (unpaired) electrons. The number of carbonyl (C=O) groups is 1. The number of rotatable bonds is 5. The summed E-state index contributed by atoms with van der Waals surface area (Å²) in [4.78, 5) is 17.8. The average Bonchev–Trinajstić information content (AvgIpc) is 2.77. The Morgan fingerprint density at radius 3 is 2.00 bits per heavy atom. The van der Waals surface area contributed by atoms with Crippen LogP contribution in [0.15, 0.2) is 91.0 Å². The molecule has 0 aliphatic carbocycles. The second-order valence-electron chi connectivity index (χ2n) is 6.86. The van der Waals surface area contributed by atoms with Gasteiger partial charge in [-0.25, -0.2) is 0 Å². The number of carbonyl (C=O) groups excluding carboxylic acids is 1. The Bertz CT molecular complexity index is 1210. The van der Waals surface area contributed by atoms with Crippen LogP contribution in [-0.4, -0.2) is 10.8 Å². The van der Waals surface area contributed by atoms with Crippen LogP contribution in [0.1, 0.15) is 32.7 Å². The molecule has 2 heteroatoms. The fourth-order valence-corrected chi connectivity index (χ4v) is 3.41. The average molecular weight is 375 g/mol. The van der Waals surface area contributed by atoms with Gasteiger partial charge in [0.1, 0.15) is 0 Å². The highest BCUT2D eigenvalue weighted by molar-refractivity contribution is 6.13. The molecule has 140 valence electrons. The lowest BCUT2D eigenvalue weighted by atomic mass is 9.96. The van der Waals surface area contributed by atoms with E-state index in [1.165, 1.54) is 0 Å². The Labute approximate surface area is 170 Å². The summed E-state index contributed by atoms with van der Waals surface area (Å²) in [6, 6.07) is 27.9. The van der Waals surface area contributed by atoms with Crippen molar-refractivity contribution in [3.8, 4) is 0 Å². The van der Waals surface area contributed by atoms with Crippen molar-refractivity contribution >= 4 is 34.9 Å². The third-order valence-electron chi connectivity index (χ3n) is 4.83. The van der Waals surface area contributed by atoms with Crippen LogP contribution in [-0.2, 0) is 0 Å².